The van der Waals surface area contributed by atoms with Crippen molar-refractivity contribution in [2.75, 3.05) is 0 Å². The minimum absolute atomic E-state index is 0.493. The Balaban J connectivity index is 2.04. The van der Waals surface area contributed by atoms with Gasteiger partial charge in [0.25, 0.3) is 0 Å². The molecular weight excluding hydrogens is 260 g/mol. The second-order valence-corrected chi connectivity index (χ2v) is 9.50. The lowest BCUT2D eigenvalue weighted by Crippen LogP contribution is -2.39. The van der Waals surface area contributed by atoms with Crippen LogP contribution < -0.4 is 5.19 Å². The third-order valence-electron chi connectivity index (χ3n) is 3.38. The summed E-state index contributed by atoms with van der Waals surface area (Å²) < 4.78 is 0. The molecule has 0 saturated carbocycles. The van der Waals surface area contributed by atoms with E-state index in [1.54, 1.807) is 0 Å². The second-order valence-electron chi connectivity index (χ2n) is 5.42. The fourth-order valence-electron chi connectivity index (χ4n) is 2.09. The van der Waals surface area contributed by atoms with Crippen molar-refractivity contribution in [1.82, 2.24) is 0 Å². The summed E-state index contributed by atoms with van der Waals surface area (Å²) >= 11 is 0. The van der Waals surface area contributed by atoms with Crippen LogP contribution in [-0.4, -0.2) is 13.2 Å². The van der Waals surface area contributed by atoms with Crippen LogP contribution in [0.5, 0.6) is 0 Å². The molecule has 102 valence electrons. The van der Waals surface area contributed by atoms with Crippen LogP contribution in [-0.2, 0) is 0 Å². The average molecular weight is 280 g/mol. The second kappa shape index (κ2) is 6.56. The normalized spacial score (nSPS) is 12.3. The van der Waals surface area contributed by atoms with Crippen LogP contribution in [0.25, 0.3) is 0 Å². The zero-order valence-electron chi connectivity index (χ0n) is 12.0. The van der Waals surface area contributed by atoms with Crippen molar-refractivity contribution in [3.63, 3.8) is 0 Å². The maximum Gasteiger partial charge on any atom is 0.162 e. The average Bonchev–Trinajstić information content (AvgIpc) is 2.49. The Bertz CT molecular complexity index is 594. The van der Waals surface area contributed by atoms with E-state index >= 15 is 0 Å². The van der Waals surface area contributed by atoms with E-state index in [9.17, 15) is 5.11 Å². The van der Waals surface area contributed by atoms with Gasteiger partial charge in [0, 0.05) is 6.42 Å². The summed E-state index contributed by atoms with van der Waals surface area (Å²) in [7, 11) is -1.72. The summed E-state index contributed by atoms with van der Waals surface area (Å²) in [4.78, 5) is 0. The Morgan fingerprint density at radius 1 is 0.950 bits per heavy atom. The van der Waals surface area contributed by atoms with Gasteiger partial charge in [-0.25, -0.2) is 0 Å². The van der Waals surface area contributed by atoms with Crippen molar-refractivity contribution in [2.45, 2.75) is 25.6 Å². The summed E-state index contributed by atoms with van der Waals surface area (Å²) in [5.74, 6) is 3.18. The van der Waals surface area contributed by atoms with Crippen molar-refractivity contribution in [3.8, 4) is 11.5 Å². The van der Waals surface area contributed by atoms with Crippen LogP contribution in [0.4, 0.5) is 0 Å². The highest BCUT2D eigenvalue weighted by molar-refractivity contribution is 6.96. The molecule has 0 spiro atoms. The minimum atomic E-state index is -1.72. The highest BCUT2D eigenvalue weighted by Gasteiger charge is 2.20. The fourth-order valence-corrected chi connectivity index (χ4v) is 3.80. The Morgan fingerprint density at radius 3 is 2.10 bits per heavy atom. The number of hydrogen-bond donors (Lipinski definition) is 1. The fraction of sp³-hybridized carbons (Fsp3) is 0.222. The molecule has 0 aliphatic carbocycles. The van der Waals surface area contributed by atoms with Gasteiger partial charge in [-0.15, -0.1) is 11.5 Å². The van der Waals surface area contributed by atoms with E-state index in [1.165, 1.54) is 5.19 Å². The zero-order valence-corrected chi connectivity index (χ0v) is 13.0. The van der Waals surface area contributed by atoms with Gasteiger partial charge in [0.1, 0.15) is 0 Å². The molecule has 2 aromatic carbocycles. The predicted molar refractivity (Wildman–Crippen MR) is 87.4 cm³/mol. The van der Waals surface area contributed by atoms with E-state index in [0.29, 0.717) is 6.42 Å². The number of rotatable bonds is 3. The molecule has 0 fully saturated rings. The monoisotopic (exact) mass is 280 g/mol. The van der Waals surface area contributed by atoms with Gasteiger partial charge in [0.2, 0.25) is 0 Å². The Morgan fingerprint density at radius 2 is 1.50 bits per heavy atom. The molecule has 1 nitrogen and oxygen atoms in total. The Labute approximate surface area is 122 Å². The third kappa shape index (κ3) is 3.83. The van der Waals surface area contributed by atoms with E-state index < -0.39 is 14.2 Å². The molecule has 2 heteroatoms. The van der Waals surface area contributed by atoms with Crippen molar-refractivity contribution in [2.24, 2.45) is 0 Å². The molecule has 1 N–H and O–H groups in total. The van der Waals surface area contributed by atoms with E-state index in [0.717, 1.165) is 5.56 Å². The summed E-state index contributed by atoms with van der Waals surface area (Å²) in [6.07, 6.45) is -0.00271. The van der Waals surface area contributed by atoms with Gasteiger partial charge in [-0.2, -0.15) is 0 Å². The molecule has 1 atom stereocenters. The predicted octanol–water partition coefficient (Wildman–Crippen LogP) is 3.27. The van der Waals surface area contributed by atoms with Crippen LogP contribution in [0.2, 0.25) is 13.1 Å². The molecule has 0 aromatic heterocycles. The summed E-state index contributed by atoms with van der Waals surface area (Å²) in [5.41, 5.74) is 4.34. The molecule has 20 heavy (non-hydrogen) atoms. The number of benzene rings is 2. The lowest BCUT2D eigenvalue weighted by atomic mass is 10.1. The standard InChI is InChI=1S/C18H20OSi/c1-20(2,17-12-7-4-8-13-17)15-9-14-18(19)16-10-5-3-6-11-16/h3-8,10-13,18-19H,14H2,1-2H3/t18-/m1/s1. The SMILES string of the molecule is C[Si](C)(C#CC[C@@H](O)c1ccccc1)c1ccccc1. The first-order valence-electron chi connectivity index (χ1n) is 6.88. The molecule has 0 aliphatic heterocycles. The van der Waals surface area contributed by atoms with Gasteiger partial charge in [-0.1, -0.05) is 73.8 Å². The highest BCUT2D eigenvalue weighted by Crippen LogP contribution is 2.15. The zero-order chi connectivity index (χ0) is 14.4. The molecule has 0 radical (unpaired) electrons. The largest absolute Gasteiger partial charge is 0.387 e. The van der Waals surface area contributed by atoms with Crippen molar-refractivity contribution in [1.29, 1.82) is 0 Å². The molecule has 0 amide bonds. The molecule has 2 rings (SSSR count). The van der Waals surface area contributed by atoms with Gasteiger partial charge in [-0.3, -0.25) is 0 Å². The Kier molecular flexibility index (Phi) is 4.78. The van der Waals surface area contributed by atoms with Crippen LogP contribution in [0.15, 0.2) is 60.7 Å². The molecule has 0 aliphatic rings. The van der Waals surface area contributed by atoms with E-state index in [1.807, 2.05) is 36.4 Å². The maximum atomic E-state index is 10.1. The van der Waals surface area contributed by atoms with Gasteiger partial charge in [0.15, 0.2) is 8.07 Å². The van der Waals surface area contributed by atoms with Crippen LogP contribution >= 0.6 is 0 Å². The van der Waals surface area contributed by atoms with Crippen LogP contribution in [0.1, 0.15) is 18.1 Å². The highest BCUT2D eigenvalue weighted by atomic mass is 28.3. The van der Waals surface area contributed by atoms with E-state index in [2.05, 4.69) is 48.8 Å². The van der Waals surface area contributed by atoms with Crippen molar-refractivity contribution >= 4 is 13.3 Å². The summed E-state index contributed by atoms with van der Waals surface area (Å²) in [6, 6.07) is 20.1. The molecule has 0 bridgehead atoms. The van der Waals surface area contributed by atoms with Crippen molar-refractivity contribution < 1.29 is 5.11 Å². The van der Waals surface area contributed by atoms with Gasteiger partial charge in [0.05, 0.1) is 6.10 Å². The van der Waals surface area contributed by atoms with Gasteiger partial charge < -0.3 is 5.11 Å². The molecule has 0 unspecified atom stereocenters. The first kappa shape index (κ1) is 14.6. The van der Waals surface area contributed by atoms with Crippen LogP contribution in [0, 0.1) is 11.5 Å². The molecule has 2 aromatic rings. The number of aliphatic hydroxyl groups is 1. The third-order valence-corrected chi connectivity index (χ3v) is 5.95. The first-order chi connectivity index (χ1) is 9.59. The quantitative estimate of drug-likeness (QED) is 0.676. The Hall–Kier alpha value is -1.82. The molecule has 0 saturated heterocycles. The van der Waals surface area contributed by atoms with E-state index in [4.69, 9.17) is 0 Å². The molecular formula is C18H20OSi. The van der Waals surface area contributed by atoms with E-state index in [-0.39, 0.29) is 0 Å². The minimum Gasteiger partial charge on any atom is -0.387 e. The molecule has 0 heterocycles. The lowest BCUT2D eigenvalue weighted by molar-refractivity contribution is 0.184. The van der Waals surface area contributed by atoms with Gasteiger partial charge in [-0.05, 0) is 10.8 Å². The summed E-state index contributed by atoms with van der Waals surface area (Å²) in [5, 5.41) is 11.4. The maximum absolute atomic E-state index is 10.1. The number of aliphatic hydroxyl groups excluding tert-OH is 1. The van der Waals surface area contributed by atoms with Gasteiger partial charge >= 0.3 is 0 Å². The van der Waals surface area contributed by atoms with Crippen molar-refractivity contribution in [3.05, 3.63) is 66.2 Å². The smallest absolute Gasteiger partial charge is 0.162 e. The topological polar surface area (TPSA) is 20.2 Å². The lowest BCUT2D eigenvalue weighted by Gasteiger charge is -2.15. The number of hydrogen-bond acceptors (Lipinski definition) is 1. The summed E-state index contributed by atoms with van der Waals surface area (Å²) in [6.45, 7) is 4.48. The van der Waals surface area contributed by atoms with Crippen LogP contribution in [0.3, 0.4) is 0 Å². The first-order valence-corrected chi connectivity index (χ1v) is 9.88.